The third-order valence-electron chi connectivity index (χ3n) is 1.05. The van der Waals surface area contributed by atoms with Crippen molar-refractivity contribution in [3.05, 3.63) is 18.2 Å². The molecule has 0 saturated carbocycles. The number of imidazole rings is 1. The van der Waals surface area contributed by atoms with Crippen molar-refractivity contribution in [2.75, 3.05) is 0 Å². The molecule has 0 aliphatic heterocycles. The van der Waals surface area contributed by atoms with Gasteiger partial charge in [0.05, 0.1) is 0 Å². The van der Waals surface area contributed by atoms with Crippen molar-refractivity contribution < 1.29 is 5.11 Å². The van der Waals surface area contributed by atoms with Crippen LogP contribution in [0.25, 0.3) is 0 Å². The summed E-state index contributed by atoms with van der Waals surface area (Å²) in [5.41, 5.74) is 0.762. The van der Waals surface area contributed by atoms with Gasteiger partial charge in [-0.2, -0.15) is 0 Å². The zero-order valence-electron chi connectivity index (χ0n) is 5.15. The van der Waals surface area contributed by atoms with Crippen molar-refractivity contribution in [2.45, 2.75) is 13.0 Å². The number of hydrogen-bond donors (Lipinski definition) is 1. The normalized spacial score (nSPS) is 13.4. The minimum atomic E-state index is -0.426. The van der Waals surface area contributed by atoms with E-state index in [4.69, 9.17) is 5.11 Å². The second kappa shape index (κ2) is 2.78. The number of rotatable bonds is 1. The van der Waals surface area contributed by atoms with Crippen LogP contribution in [0.1, 0.15) is 18.7 Å². The summed E-state index contributed by atoms with van der Waals surface area (Å²) in [7, 11) is 0. The van der Waals surface area contributed by atoms with E-state index in [9.17, 15) is 0 Å². The summed E-state index contributed by atoms with van der Waals surface area (Å²) in [5, 5.41) is 8.98. The predicted octanol–water partition coefficient (Wildman–Crippen LogP) is -0.132. The van der Waals surface area contributed by atoms with Gasteiger partial charge in [0.1, 0.15) is 0 Å². The molecule has 1 N–H and O–H groups in total. The van der Waals surface area contributed by atoms with Gasteiger partial charge in [0.15, 0.2) is 0 Å². The molecule has 9 heavy (non-hydrogen) atoms. The first kappa shape index (κ1) is 7.20. The van der Waals surface area contributed by atoms with Gasteiger partial charge in [-0.25, -0.2) is 0 Å². The Labute approximate surface area is 69.8 Å². The molecule has 0 aliphatic carbocycles. The Hall–Kier alpha value is 0.0921. The molecule has 0 saturated heterocycles. The fourth-order valence-corrected chi connectivity index (χ4v) is 1.42. The Bertz CT molecular complexity index is 197. The van der Waals surface area contributed by atoms with E-state index in [1.54, 1.807) is 13.3 Å². The van der Waals surface area contributed by atoms with E-state index < -0.39 is 6.10 Å². The Morgan fingerprint density at radius 3 is 2.78 bits per heavy atom. The topological polar surface area (TPSA) is 38.0 Å². The third-order valence-corrected chi connectivity index (χ3v) is 2.15. The van der Waals surface area contributed by atoms with E-state index in [1.807, 2.05) is 8.57 Å². The molecule has 0 spiro atoms. The molecule has 0 bridgehead atoms. The van der Waals surface area contributed by atoms with E-state index >= 15 is 0 Å². The van der Waals surface area contributed by atoms with Gasteiger partial charge in [0, 0.05) is 0 Å². The first-order chi connectivity index (χ1) is 4.20. The fraction of sp³-hybridized carbons (Fsp3) is 0.400. The second-order valence-electron chi connectivity index (χ2n) is 1.92. The standard InChI is InChI=1S/C5H7N2O.Tl/c1-4(8)5-2-6-3-7-5;/h2-4,8H,1H3;/q-1;+1. The molecule has 46 valence electrons. The number of aliphatic hydroxyl groups excluding tert-OH is 1. The molecule has 0 aliphatic rings. The molecule has 0 fully saturated rings. The van der Waals surface area contributed by atoms with Gasteiger partial charge >= 0.3 is 69.8 Å². The molecule has 1 aromatic rings. The average Bonchev–Trinajstić information content (AvgIpc) is 2.14. The van der Waals surface area contributed by atoms with Crippen molar-refractivity contribution in [1.82, 2.24) is 7.36 Å². The van der Waals surface area contributed by atoms with Crippen molar-refractivity contribution >= 4 is 26.1 Å². The summed E-state index contributed by atoms with van der Waals surface area (Å²) in [6.45, 7) is 1.72. The first-order valence-electron chi connectivity index (χ1n) is 2.67. The Morgan fingerprint density at radius 2 is 2.56 bits per heavy atom. The van der Waals surface area contributed by atoms with Crippen LogP contribution in [0.15, 0.2) is 12.5 Å². The number of hydrogen-bond acceptors (Lipinski definition) is 2. The maximum absolute atomic E-state index is 8.98. The summed E-state index contributed by atoms with van der Waals surface area (Å²) in [6, 6.07) is 0. The molecule has 1 atom stereocenters. The molecule has 0 amide bonds. The molecule has 1 aromatic heterocycles. The molecule has 1 unspecified atom stereocenters. The zero-order chi connectivity index (χ0) is 6.85. The van der Waals surface area contributed by atoms with E-state index in [-0.39, 0.29) is 0 Å². The monoisotopic (exact) mass is 316 g/mol. The van der Waals surface area contributed by atoms with Crippen LogP contribution in [0.4, 0.5) is 0 Å². The van der Waals surface area contributed by atoms with Gasteiger partial charge in [-0.05, 0) is 0 Å². The van der Waals surface area contributed by atoms with Crippen LogP contribution < -0.4 is 0 Å². The Morgan fingerprint density at radius 1 is 1.89 bits per heavy atom. The number of nitrogens with zero attached hydrogens (tertiary/aromatic N) is 2. The van der Waals surface area contributed by atoms with Crippen LogP contribution >= 0.6 is 0 Å². The van der Waals surface area contributed by atoms with E-state index in [1.165, 1.54) is 0 Å². The van der Waals surface area contributed by atoms with Crippen LogP contribution in [0.5, 0.6) is 0 Å². The molecule has 0 radical (unpaired) electrons. The average molecular weight is 316 g/mol. The van der Waals surface area contributed by atoms with Crippen LogP contribution in [-0.4, -0.2) is 38.5 Å². The Kier molecular flexibility index (Phi) is 2.23. The number of aromatic nitrogens is 2. The number of aliphatic hydroxyl groups is 1. The van der Waals surface area contributed by atoms with Crippen molar-refractivity contribution in [3.63, 3.8) is 0 Å². The summed E-state index contributed by atoms with van der Waals surface area (Å²) in [4.78, 5) is 3.97. The molecule has 4 heteroatoms. The van der Waals surface area contributed by atoms with Gasteiger partial charge in [-0.1, -0.05) is 0 Å². The molecular formula is C5H7N2OTl. The zero-order valence-corrected chi connectivity index (χ0v) is 9.64. The second-order valence-corrected chi connectivity index (χ2v) is 4.24. The maximum atomic E-state index is 8.98. The minimum absolute atomic E-state index is 0.426. The third kappa shape index (κ3) is 1.75. The van der Waals surface area contributed by atoms with Gasteiger partial charge in [-0.15, -0.1) is 0 Å². The Balaban J connectivity index is 2.85. The predicted molar refractivity (Wildman–Crippen MR) is 34.0 cm³/mol. The summed E-state index contributed by atoms with van der Waals surface area (Å²) >= 11 is 0.745. The quantitative estimate of drug-likeness (QED) is 0.733. The van der Waals surface area contributed by atoms with E-state index in [2.05, 4.69) is 4.98 Å². The van der Waals surface area contributed by atoms with Gasteiger partial charge in [0.25, 0.3) is 0 Å². The van der Waals surface area contributed by atoms with Gasteiger partial charge in [-0.3, -0.25) is 0 Å². The molecule has 0 aromatic carbocycles. The van der Waals surface area contributed by atoms with Crippen LogP contribution in [0.3, 0.4) is 0 Å². The molecule has 3 nitrogen and oxygen atoms in total. The summed E-state index contributed by atoms with van der Waals surface area (Å²) in [6.07, 6.45) is 3.19. The summed E-state index contributed by atoms with van der Waals surface area (Å²) < 4.78 is 1.97. The van der Waals surface area contributed by atoms with Gasteiger partial charge in [0.2, 0.25) is 0 Å². The van der Waals surface area contributed by atoms with E-state index in [0.717, 1.165) is 31.8 Å². The van der Waals surface area contributed by atoms with E-state index in [0.29, 0.717) is 0 Å². The van der Waals surface area contributed by atoms with Gasteiger partial charge < -0.3 is 0 Å². The summed E-state index contributed by atoms with van der Waals surface area (Å²) in [5.74, 6) is 0. The first-order valence-corrected chi connectivity index (χ1v) is 4.68. The van der Waals surface area contributed by atoms with Crippen LogP contribution in [0, 0.1) is 0 Å². The van der Waals surface area contributed by atoms with Crippen molar-refractivity contribution in [3.8, 4) is 0 Å². The SMILES string of the molecule is CC(O)c1c[n]([Tl])cn1. The van der Waals surface area contributed by atoms with Crippen LogP contribution in [0.2, 0.25) is 0 Å². The van der Waals surface area contributed by atoms with Crippen molar-refractivity contribution in [2.24, 2.45) is 0 Å². The molecule has 1 heterocycles. The van der Waals surface area contributed by atoms with Crippen LogP contribution in [-0.2, 0) is 0 Å². The fourth-order valence-electron chi connectivity index (χ4n) is 0.568. The molecule has 1 rings (SSSR count). The molecular weight excluding hydrogens is 308 g/mol. The van der Waals surface area contributed by atoms with Crippen molar-refractivity contribution in [1.29, 1.82) is 0 Å².